The molecule has 0 saturated heterocycles. The van der Waals surface area contributed by atoms with Crippen molar-refractivity contribution in [3.8, 4) is 6.07 Å². The van der Waals surface area contributed by atoms with E-state index in [-0.39, 0.29) is 5.57 Å². The van der Waals surface area contributed by atoms with Crippen LogP contribution < -0.4 is 5.32 Å². The number of carbonyl (C=O) groups excluding carboxylic acids is 1. The first-order valence-electron chi connectivity index (χ1n) is 5.78. The van der Waals surface area contributed by atoms with E-state index >= 15 is 0 Å². The highest BCUT2D eigenvalue weighted by Crippen LogP contribution is 2.14. The predicted octanol–water partition coefficient (Wildman–Crippen LogP) is 3.28. The number of hydrogen-bond acceptors (Lipinski definition) is 3. The molecule has 2 rings (SSSR count). The van der Waals surface area contributed by atoms with Gasteiger partial charge in [0.1, 0.15) is 11.6 Å². The van der Waals surface area contributed by atoms with Gasteiger partial charge in [0.05, 0.1) is 11.9 Å². The van der Waals surface area contributed by atoms with E-state index in [0.717, 1.165) is 0 Å². The lowest BCUT2D eigenvalue weighted by Crippen LogP contribution is -2.13. The number of benzene rings is 1. The molecule has 0 unspecified atom stereocenters. The molecule has 1 amide bonds. The first-order chi connectivity index (χ1) is 9.69. The summed E-state index contributed by atoms with van der Waals surface area (Å²) in [7, 11) is 0. The molecule has 1 aromatic carbocycles. The normalized spacial score (nSPS) is 10.7. The van der Waals surface area contributed by atoms with E-state index in [1.54, 1.807) is 42.6 Å². The van der Waals surface area contributed by atoms with E-state index in [9.17, 15) is 4.79 Å². The molecule has 20 heavy (non-hydrogen) atoms. The molecule has 0 radical (unpaired) electrons. The smallest absolute Gasteiger partial charge is 0.266 e. The number of pyridine rings is 1. The van der Waals surface area contributed by atoms with Gasteiger partial charge in [-0.1, -0.05) is 23.7 Å². The van der Waals surface area contributed by atoms with Crippen LogP contribution in [-0.4, -0.2) is 10.9 Å². The zero-order chi connectivity index (χ0) is 14.4. The summed E-state index contributed by atoms with van der Waals surface area (Å²) in [5.74, 6) is -0.486. The molecule has 2 aromatic rings. The van der Waals surface area contributed by atoms with Gasteiger partial charge in [-0.2, -0.15) is 5.26 Å². The van der Waals surface area contributed by atoms with Gasteiger partial charge in [0.2, 0.25) is 0 Å². The van der Waals surface area contributed by atoms with Crippen LogP contribution in [-0.2, 0) is 4.79 Å². The van der Waals surface area contributed by atoms with Crippen molar-refractivity contribution in [1.82, 2.24) is 4.98 Å². The Labute approximate surface area is 121 Å². The fourth-order valence-corrected chi connectivity index (χ4v) is 1.75. The van der Waals surface area contributed by atoms with Crippen molar-refractivity contribution in [2.24, 2.45) is 0 Å². The molecule has 0 aliphatic carbocycles. The summed E-state index contributed by atoms with van der Waals surface area (Å²) < 4.78 is 0. The Balaban J connectivity index is 2.20. The maximum atomic E-state index is 12.0. The SMILES string of the molecule is N#C/C(=C\c1cccc(Cl)c1)C(=O)Nc1cccnc1. The second kappa shape index (κ2) is 6.50. The molecule has 0 bridgehead atoms. The molecule has 0 fully saturated rings. The number of halogens is 1. The van der Waals surface area contributed by atoms with Crippen molar-refractivity contribution in [2.75, 3.05) is 5.32 Å². The highest BCUT2D eigenvalue weighted by Gasteiger charge is 2.09. The van der Waals surface area contributed by atoms with Gasteiger partial charge >= 0.3 is 0 Å². The van der Waals surface area contributed by atoms with E-state index in [2.05, 4.69) is 10.3 Å². The Morgan fingerprint density at radius 2 is 2.20 bits per heavy atom. The lowest BCUT2D eigenvalue weighted by atomic mass is 10.1. The second-order valence-electron chi connectivity index (χ2n) is 3.92. The minimum absolute atomic E-state index is 0.00359. The second-order valence-corrected chi connectivity index (χ2v) is 4.36. The van der Waals surface area contributed by atoms with Gasteiger partial charge in [0.25, 0.3) is 5.91 Å². The topological polar surface area (TPSA) is 65.8 Å². The minimum Gasteiger partial charge on any atom is -0.320 e. The van der Waals surface area contributed by atoms with Crippen LogP contribution in [0.3, 0.4) is 0 Å². The largest absolute Gasteiger partial charge is 0.320 e. The van der Waals surface area contributed by atoms with Crippen LogP contribution in [0.25, 0.3) is 6.08 Å². The maximum Gasteiger partial charge on any atom is 0.266 e. The number of anilines is 1. The summed E-state index contributed by atoms with van der Waals surface area (Å²) in [6.07, 6.45) is 4.59. The first kappa shape index (κ1) is 13.8. The first-order valence-corrected chi connectivity index (χ1v) is 6.15. The lowest BCUT2D eigenvalue weighted by molar-refractivity contribution is -0.112. The highest BCUT2D eigenvalue weighted by molar-refractivity contribution is 6.30. The molecular weight excluding hydrogens is 274 g/mol. The molecule has 0 saturated carbocycles. The van der Waals surface area contributed by atoms with Crippen molar-refractivity contribution in [2.45, 2.75) is 0 Å². The third kappa shape index (κ3) is 3.67. The molecule has 98 valence electrons. The minimum atomic E-state index is -0.486. The Bertz CT molecular complexity index is 690. The number of hydrogen-bond donors (Lipinski definition) is 1. The van der Waals surface area contributed by atoms with Gasteiger partial charge in [0, 0.05) is 11.2 Å². The number of aromatic nitrogens is 1. The van der Waals surface area contributed by atoms with Crippen LogP contribution >= 0.6 is 11.6 Å². The molecule has 0 aliphatic heterocycles. The van der Waals surface area contributed by atoms with Gasteiger partial charge in [-0.25, -0.2) is 0 Å². The summed E-state index contributed by atoms with van der Waals surface area (Å²) in [6, 6.07) is 12.2. The van der Waals surface area contributed by atoms with E-state index in [1.165, 1.54) is 12.3 Å². The Morgan fingerprint density at radius 3 is 2.85 bits per heavy atom. The maximum absolute atomic E-state index is 12.0. The molecule has 1 N–H and O–H groups in total. The van der Waals surface area contributed by atoms with Crippen LogP contribution in [0.1, 0.15) is 5.56 Å². The van der Waals surface area contributed by atoms with Crippen LogP contribution in [0.15, 0.2) is 54.4 Å². The number of carbonyl (C=O) groups is 1. The van der Waals surface area contributed by atoms with Gasteiger partial charge < -0.3 is 5.32 Å². The number of nitrogens with one attached hydrogen (secondary N) is 1. The fourth-order valence-electron chi connectivity index (χ4n) is 1.55. The summed E-state index contributed by atoms with van der Waals surface area (Å²) in [4.78, 5) is 15.9. The van der Waals surface area contributed by atoms with E-state index < -0.39 is 5.91 Å². The Hall–Kier alpha value is -2.64. The van der Waals surface area contributed by atoms with Gasteiger partial charge in [-0.3, -0.25) is 9.78 Å². The van der Waals surface area contributed by atoms with Gasteiger partial charge in [0.15, 0.2) is 0 Å². The van der Waals surface area contributed by atoms with Crippen molar-refractivity contribution in [3.05, 3.63) is 65.0 Å². The average molecular weight is 284 g/mol. The fraction of sp³-hybridized carbons (Fsp3) is 0. The predicted molar refractivity (Wildman–Crippen MR) is 77.9 cm³/mol. The molecule has 0 atom stereocenters. The summed E-state index contributed by atoms with van der Waals surface area (Å²) >= 11 is 5.86. The molecule has 1 aromatic heterocycles. The third-order valence-electron chi connectivity index (χ3n) is 2.44. The standard InChI is InChI=1S/C15H10ClN3O/c16-13-4-1-3-11(8-13)7-12(9-17)15(20)19-14-5-2-6-18-10-14/h1-8,10H,(H,19,20)/b12-7+. The van der Waals surface area contributed by atoms with Crippen LogP contribution in [0.5, 0.6) is 0 Å². The molecular formula is C15H10ClN3O. The zero-order valence-electron chi connectivity index (χ0n) is 10.4. The number of amides is 1. The van der Waals surface area contributed by atoms with Crippen molar-refractivity contribution >= 4 is 29.3 Å². The number of nitriles is 1. The highest BCUT2D eigenvalue weighted by atomic mass is 35.5. The van der Waals surface area contributed by atoms with Crippen molar-refractivity contribution in [1.29, 1.82) is 5.26 Å². The average Bonchev–Trinajstić information content (AvgIpc) is 2.46. The third-order valence-corrected chi connectivity index (χ3v) is 2.68. The molecule has 0 aliphatic rings. The quantitative estimate of drug-likeness (QED) is 0.694. The van der Waals surface area contributed by atoms with E-state index in [1.807, 2.05) is 6.07 Å². The van der Waals surface area contributed by atoms with Crippen LogP contribution in [0.2, 0.25) is 5.02 Å². The van der Waals surface area contributed by atoms with Gasteiger partial charge in [-0.05, 0) is 35.9 Å². The summed E-state index contributed by atoms with van der Waals surface area (Å²) in [5, 5.41) is 12.2. The lowest BCUT2D eigenvalue weighted by Gasteiger charge is -2.03. The van der Waals surface area contributed by atoms with E-state index in [0.29, 0.717) is 16.3 Å². The summed E-state index contributed by atoms with van der Waals surface area (Å²) in [5.41, 5.74) is 1.22. The molecule has 4 nitrogen and oxygen atoms in total. The zero-order valence-corrected chi connectivity index (χ0v) is 11.1. The number of nitrogens with zero attached hydrogens (tertiary/aromatic N) is 2. The van der Waals surface area contributed by atoms with Crippen molar-refractivity contribution in [3.63, 3.8) is 0 Å². The van der Waals surface area contributed by atoms with Crippen LogP contribution in [0, 0.1) is 11.3 Å². The molecule has 5 heteroatoms. The molecule has 0 spiro atoms. The monoisotopic (exact) mass is 283 g/mol. The van der Waals surface area contributed by atoms with Crippen molar-refractivity contribution < 1.29 is 4.79 Å². The molecule has 1 heterocycles. The van der Waals surface area contributed by atoms with Gasteiger partial charge in [-0.15, -0.1) is 0 Å². The number of rotatable bonds is 3. The van der Waals surface area contributed by atoms with E-state index in [4.69, 9.17) is 16.9 Å². The Kier molecular flexibility index (Phi) is 4.48. The van der Waals surface area contributed by atoms with Crippen LogP contribution in [0.4, 0.5) is 5.69 Å². The Morgan fingerprint density at radius 1 is 1.35 bits per heavy atom. The summed E-state index contributed by atoms with van der Waals surface area (Å²) in [6.45, 7) is 0.